The molecule has 0 spiro atoms. The second-order valence-corrected chi connectivity index (χ2v) is 5.10. The lowest BCUT2D eigenvalue weighted by Crippen LogP contribution is -2.25. The highest BCUT2D eigenvalue weighted by Gasteiger charge is 2.24. The molecule has 0 bridgehead atoms. The Kier molecular flexibility index (Phi) is 4.21. The number of hydrazine groups is 1. The van der Waals surface area contributed by atoms with Gasteiger partial charge in [-0.05, 0) is 37.3 Å². The summed E-state index contributed by atoms with van der Waals surface area (Å²) in [5.74, 6) is 6.05. The number of anilines is 2. The van der Waals surface area contributed by atoms with E-state index >= 15 is 0 Å². The average Bonchev–Trinajstić information content (AvgIpc) is 2.62. The van der Waals surface area contributed by atoms with E-state index < -0.39 is 0 Å². The number of benzene rings is 1. The SMILES string of the molecule is CC1CCCN(c2cccc(NN)c2[N+](=O)[O-])CC1. The van der Waals surface area contributed by atoms with Crippen molar-refractivity contribution in [1.82, 2.24) is 0 Å². The minimum Gasteiger partial charge on any atom is -0.366 e. The van der Waals surface area contributed by atoms with E-state index in [9.17, 15) is 10.1 Å². The van der Waals surface area contributed by atoms with Crippen molar-refractivity contribution in [3.63, 3.8) is 0 Å². The van der Waals surface area contributed by atoms with E-state index in [1.807, 2.05) is 0 Å². The summed E-state index contributed by atoms with van der Waals surface area (Å²) in [6, 6.07) is 5.23. The fourth-order valence-corrected chi connectivity index (χ4v) is 2.60. The number of hydrogen-bond donors (Lipinski definition) is 2. The second-order valence-electron chi connectivity index (χ2n) is 5.10. The van der Waals surface area contributed by atoms with Crippen molar-refractivity contribution in [3.05, 3.63) is 28.3 Å². The van der Waals surface area contributed by atoms with Crippen LogP contribution in [0.3, 0.4) is 0 Å². The van der Waals surface area contributed by atoms with Crippen LogP contribution >= 0.6 is 0 Å². The van der Waals surface area contributed by atoms with E-state index in [1.54, 1.807) is 18.2 Å². The third-order valence-electron chi connectivity index (χ3n) is 3.71. The molecule has 0 radical (unpaired) electrons. The number of nitro benzene ring substituents is 1. The molecule has 19 heavy (non-hydrogen) atoms. The Balaban J connectivity index is 2.35. The van der Waals surface area contributed by atoms with Crippen molar-refractivity contribution < 1.29 is 4.92 Å². The van der Waals surface area contributed by atoms with Gasteiger partial charge in [-0.1, -0.05) is 13.0 Å². The Morgan fingerprint density at radius 1 is 1.42 bits per heavy atom. The van der Waals surface area contributed by atoms with Gasteiger partial charge in [-0.3, -0.25) is 16.0 Å². The van der Waals surface area contributed by atoms with E-state index in [1.165, 1.54) is 6.42 Å². The minimum absolute atomic E-state index is 0.0690. The molecule has 2 rings (SSSR count). The number of rotatable bonds is 3. The number of nitro groups is 1. The van der Waals surface area contributed by atoms with Crippen molar-refractivity contribution in [2.75, 3.05) is 23.4 Å². The fraction of sp³-hybridized carbons (Fsp3) is 0.538. The number of nitrogens with zero attached hydrogens (tertiary/aromatic N) is 2. The lowest BCUT2D eigenvalue weighted by Gasteiger charge is -2.23. The molecule has 1 saturated heterocycles. The van der Waals surface area contributed by atoms with Crippen LogP contribution in [-0.4, -0.2) is 18.0 Å². The predicted octanol–water partition coefficient (Wildman–Crippen LogP) is 2.51. The lowest BCUT2D eigenvalue weighted by molar-refractivity contribution is -0.383. The molecule has 1 heterocycles. The van der Waals surface area contributed by atoms with E-state index in [2.05, 4.69) is 17.2 Å². The summed E-state index contributed by atoms with van der Waals surface area (Å²) in [5, 5.41) is 11.3. The Hall–Kier alpha value is -1.82. The fourth-order valence-electron chi connectivity index (χ4n) is 2.60. The average molecular weight is 264 g/mol. The predicted molar refractivity (Wildman–Crippen MR) is 76.1 cm³/mol. The monoisotopic (exact) mass is 264 g/mol. The topological polar surface area (TPSA) is 84.4 Å². The van der Waals surface area contributed by atoms with Gasteiger partial charge in [0, 0.05) is 13.1 Å². The molecule has 1 aliphatic heterocycles. The summed E-state index contributed by atoms with van der Waals surface area (Å²) in [6.45, 7) is 3.95. The first-order chi connectivity index (χ1) is 9.13. The molecule has 1 aromatic rings. The number of hydrogen-bond acceptors (Lipinski definition) is 5. The van der Waals surface area contributed by atoms with Crippen molar-refractivity contribution in [1.29, 1.82) is 0 Å². The van der Waals surface area contributed by atoms with E-state index in [0.29, 0.717) is 17.3 Å². The van der Waals surface area contributed by atoms with Crippen LogP contribution in [0.4, 0.5) is 17.1 Å². The molecule has 1 aromatic carbocycles. The maximum Gasteiger partial charge on any atom is 0.316 e. The van der Waals surface area contributed by atoms with Gasteiger partial charge in [0.15, 0.2) is 0 Å². The van der Waals surface area contributed by atoms with Crippen LogP contribution in [0, 0.1) is 16.0 Å². The molecule has 3 N–H and O–H groups in total. The number of para-hydroxylation sites is 1. The standard InChI is InChI=1S/C13H20N4O2/c1-10-4-3-8-16(9-7-10)12-6-2-5-11(15-14)13(12)17(18)19/h2,5-6,10,15H,3-4,7-9,14H2,1H3. The van der Waals surface area contributed by atoms with Crippen LogP contribution in [0.2, 0.25) is 0 Å². The molecule has 0 saturated carbocycles. The largest absolute Gasteiger partial charge is 0.366 e. The zero-order valence-electron chi connectivity index (χ0n) is 11.1. The highest BCUT2D eigenvalue weighted by atomic mass is 16.6. The van der Waals surface area contributed by atoms with Crippen LogP contribution in [0.15, 0.2) is 18.2 Å². The highest BCUT2D eigenvalue weighted by molar-refractivity contribution is 5.76. The van der Waals surface area contributed by atoms with E-state index in [0.717, 1.165) is 25.9 Å². The molecule has 0 amide bonds. The first-order valence-corrected chi connectivity index (χ1v) is 6.62. The summed E-state index contributed by atoms with van der Waals surface area (Å²) in [7, 11) is 0. The molecule has 1 fully saturated rings. The Bertz CT molecular complexity index is 464. The van der Waals surface area contributed by atoms with Gasteiger partial charge in [0.1, 0.15) is 11.4 Å². The first-order valence-electron chi connectivity index (χ1n) is 6.62. The van der Waals surface area contributed by atoms with Gasteiger partial charge in [-0.2, -0.15) is 0 Å². The molecular formula is C13H20N4O2. The Labute approximate surface area is 112 Å². The Morgan fingerprint density at radius 3 is 2.89 bits per heavy atom. The molecule has 1 unspecified atom stereocenters. The Morgan fingerprint density at radius 2 is 2.21 bits per heavy atom. The third-order valence-corrected chi connectivity index (χ3v) is 3.71. The summed E-state index contributed by atoms with van der Waals surface area (Å²) in [5.41, 5.74) is 3.50. The smallest absolute Gasteiger partial charge is 0.316 e. The van der Waals surface area contributed by atoms with Gasteiger partial charge in [0.2, 0.25) is 0 Å². The molecule has 6 nitrogen and oxygen atoms in total. The van der Waals surface area contributed by atoms with E-state index in [4.69, 9.17) is 5.84 Å². The third kappa shape index (κ3) is 2.96. The van der Waals surface area contributed by atoms with Crippen molar-refractivity contribution in [3.8, 4) is 0 Å². The van der Waals surface area contributed by atoms with Crippen molar-refractivity contribution in [2.24, 2.45) is 11.8 Å². The summed E-state index contributed by atoms with van der Waals surface area (Å²) in [6.07, 6.45) is 3.31. The lowest BCUT2D eigenvalue weighted by atomic mass is 10.0. The molecular weight excluding hydrogens is 244 g/mol. The van der Waals surface area contributed by atoms with Gasteiger partial charge in [-0.25, -0.2) is 0 Å². The highest BCUT2D eigenvalue weighted by Crippen LogP contribution is 2.36. The number of nitrogens with two attached hydrogens (primary N) is 1. The van der Waals surface area contributed by atoms with Crippen LogP contribution in [-0.2, 0) is 0 Å². The normalized spacial score (nSPS) is 19.9. The van der Waals surface area contributed by atoms with Crippen molar-refractivity contribution in [2.45, 2.75) is 26.2 Å². The zero-order chi connectivity index (χ0) is 13.8. The minimum atomic E-state index is -0.362. The molecule has 0 aliphatic carbocycles. The van der Waals surface area contributed by atoms with Gasteiger partial charge >= 0.3 is 5.69 Å². The van der Waals surface area contributed by atoms with E-state index in [-0.39, 0.29) is 10.6 Å². The van der Waals surface area contributed by atoms with Crippen LogP contribution < -0.4 is 16.2 Å². The number of nitrogens with one attached hydrogen (secondary N) is 1. The van der Waals surface area contributed by atoms with Crippen LogP contribution in [0.1, 0.15) is 26.2 Å². The maximum atomic E-state index is 11.3. The summed E-state index contributed by atoms with van der Waals surface area (Å²) < 4.78 is 0. The van der Waals surface area contributed by atoms with Gasteiger partial charge in [0.25, 0.3) is 0 Å². The zero-order valence-corrected chi connectivity index (χ0v) is 11.1. The van der Waals surface area contributed by atoms with Gasteiger partial charge in [-0.15, -0.1) is 0 Å². The molecule has 0 aromatic heterocycles. The van der Waals surface area contributed by atoms with Crippen LogP contribution in [0.5, 0.6) is 0 Å². The summed E-state index contributed by atoms with van der Waals surface area (Å²) >= 11 is 0. The first kappa shape index (κ1) is 13.6. The van der Waals surface area contributed by atoms with Gasteiger partial charge in [0.05, 0.1) is 4.92 Å². The quantitative estimate of drug-likeness (QED) is 0.498. The van der Waals surface area contributed by atoms with Gasteiger partial charge < -0.3 is 10.3 Å². The summed E-state index contributed by atoms with van der Waals surface area (Å²) in [4.78, 5) is 13.0. The van der Waals surface area contributed by atoms with Crippen molar-refractivity contribution >= 4 is 17.1 Å². The number of nitrogen functional groups attached to an aromatic ring is 1. The maximum absolute atomic E-state index is 11.3. The molecule has 1 aliphatic rings. The molecule has 6 heteroatoms. The second kappa shape index (κ2) is 5.88. The van der Waals surface area contributed by atoms with Crippen LogP contribution in [0.25, 0.3) is 0 Å². The molecule has 1 atom stereocenters. The molecule has 104 valence electrons.